The van der Waals surface area contributed by atoms with Crippen LogP contribution in [0.4, 0.5) is 4.79 Å². The number of hydrogen-bond donors (Lipinski definition) is 1. The third-order valence-corrected chi connectivity index (χ3v) is 6.15. The monoisotopic (exact) mass is 417 g/mol. The molecule has 0 saturated heterocycles. The number of carbonyl (C=O) groups excluding carboxylic acids is 2. The van der Waals surface area contributed by atoms with E-state index in [0.717, 1.165) is 19.3 Å². The molecule has 1 aliphatic rings. The lowest BCUT2D eigenvalue weighted by molar-refractivity contribution is -0.159. The Bertz CT molecular complexity index is 708. The van der Waals surface area contributed by atoms with Crippen LogP contribution in [-0.4, -0.2) is 29.8 Å². The maximum absolute atomic E-state index is 13.0. The van der Waals surface area contributed by atoms with Gasteiger partial charge in [0.25, 0.3) is 0 Å². The highest BCUT2D eigenvalue weighted by Gasteiger charge is 2.42. The number of hydrogen-bond acceptors (Lipinski definition) is 4. The number of ether oxygens (including phenoxy) is 2. The van der Waals surface area contributed by atoms with Crippen LogP contribution >= 0.6 is 0 Å². The number of alkyl carbamates (subject to hydrolysis) is 1. The molecule has 0 radical (unpaired) electrons. The van der Waals surface area contributed by atoms with E-state index in [1.165, 1.54) is 5.56 Å². The Morgan fingerprint density at radius 1 is 1.10 bits per heavy atom. The number of rotatable bonds is 6. The minimum absolute atomic E-state index is 0.118. The van der Waals surface area contributed by atoms with Gasteiger partial charge in [0, 0.05) is 5.92 Å². The summed E-state index contributed by atoms with van der Waals surface area (Å²) in [6.45, 7) is 13.9. The molecule has 0 bridgehead atoms. The molecule has 5 nitrogen and oxygen atoms in total. The molecule has 1 amide bonds. The van der Waals surface area contributed by atoms with Gasteiger partial charge in [0.15, 0.2) is 0 Å². The standard InChI is InChI=1S/C25H39NO4/c1-8-20(26-23(28)30-24(3,4)5)22(27)29-21-16-17(2)14-15-19(21)25(6,7)18-12-10-9-11-13-18/h9-13,17,19-21H,8,14-16H2,1-7H3,(H,26,28)/t17-,19-,20+,21-/m1/s1. The van der Waals surface area contributed by atoms with Crippen LogP contribution in [0.15, 0.2) is 30.3 Å². The lowest BCUT2D eigenvalue weighted by Gasteiger charge is -2.44. The van der Waals surface area contributed by atoms with Gasteiger partial charge in [-0.2, -0.15) is 0 Å². The highest BCUT2D eigenvalue weighted by Crippen LogP contribution is 2.43. The molecule has 1 N–H and O–H groups in total. The summed E-state index contributed by atoms with van der Waals surface area (Å²) < 4.78 is 11.4. The molecule has 0 aromatic heterocycles. The first-order valence-corrected chi connectivity index (χ1v) is 11.2. The third-order valence-electron chi connectivity index (χ3n) is 6.15. The Hall–Kier alpha value is -2.04. The molecule has 1 saturated carbocycles. The fraction of sp³-hybridized carbons (Fsp3) is 0.680. The van der Waals surface area contributed by atoms with Gasteiger partial charge in [-0.3, -0.25) is 0 Å². The first-order valence-electron chi connectivity index (χ1n) is 11.2. The Morgan fingerprint density at radius 3 is 2.30 bits per heavy atom. The first-order chi connectivity index (χ1) is 13.9. The van der Waals surface area contributed by atoms with Crippen molar-refractivity contribution in [2.75, 3.05) is 0 Å². The molecule has 1 aromatic carbocycles. The van der Waals surface area contributed by atoms with Crippen molar-refractivity contribution in [2.45, 2.75) is 97.3 Å². The van der Waals surface area contributed by atoms with Gasteiger partial charge in [-0.05, 0) is 56.9 Å². The van der Waals surface area contributed by atoms with Crippen LogP contribution in [-0.2, 0) is 19.7 Å². The van der Waals surface area contributed by atoms with Gasteiger partial charge < -0.3 is 14.8 Å². The summed E-state index contributed by atoms with van der Waals surface area (Å²) in [5.74, 6) is 0.347. The minimum Gasteiger partial charge on any atom is -0.461 e. The van der Waals surface area contributed by atoms with E-state index in [2.05, 4.69) is 50.4 Å². The molecule has 1 fully saturated rings. The molecule has 1 aliphatic carbocycles. The fourth-order valence-electron chi connectivity index (χ4n) is 4.38. The molecule has 0 aliphatic heterocycles. The molecule has 168 valence electrons. The van der Waals surface area contributed by atoms with Gasteiger partial charge in [0.2, 0.25) is 0 Å². The Kier molecular flexibility index (Phi) is 7.95. The highest BCUT2D eigenvalue weighted by molar-refractivity contribution is 5.81. The van der Waals surface area contributed by atoms with Crippen LogP contribution in [0.5, 0.6) is 0 Å². The topological polar surface area (TPSA) is 64.6 Å². The second kappa shape index (κ2) is 9.84. The lowest BCUT2D eigenvalue weighted by Crippen LogP contribution is -2.48. The summed E-state index contributed by atoms with van der Waals surface area (Å²) in [6, 6.07) is 9.72. The Morgan fingerprint density at radius 2 is 1.73 bits per heavy atom. The molecule has 5 heteroatoms. The van der Waals surface area contributed by atoms with Crippen LogP contribution in [0.1, 0.15) is 79.7 Å². The van der Waals surface area contributed by atoms with Gasteiger partial charge in [-0.1, -0.05) is 64.4 Å². The quantitative estimate of drug-likeness (QED) is 0.611. The first kappa shape index (κ1) is 24.2. The van der Waals surface area contributed by atoms with Crippen LogP contribution in [0, 0.1) is 11.8 Å². The van der Waals surface area contributed by atoms with Crippen LogP contribution in [0.25, 0.3) is 0 Å². The zero-order valence-electron chi connectivity index (χ0n) is 19.7. The second-order valence-electron chi connectivity index (χ2n) is 10.2. The maximum Gasteiger partial charge on any atom is 0.408 e. The van der Waals surface area contributed by atoms with Crippen molar-refractivity contribution in [3.63, 3.8) is 0 Å². The molecule has 2 rings (SSSR count). The van der Waals surface area contributed by atoms with Crippen molar-refractivity contribution < 1.29 is 19.1 Å². The van der Waals surface area contributed by atoms with Crippen molar-refractivity contribution in [1.29, 1.82) is 0 Å². The molecule has 0 spiro atoms. The zero-order valence-corrected chi connectivity index (χ0v) is 19.7. The van der Waals surface area contributed by atoms with Gasteiger partial charge in [0.1, 0.15) is 17.7 Å². The van der Waals surface area contributed by atoms with Crippen molar-refractivity contribution in [3.05, 3.63) is 35.9 Å². The number of nitrogens with one attached hydrogen (secondary N) is 1. The van der Waals surface area contributed by atoms with Gasteiger partial charge >= 0.3 is 12.1 Å². The van der Waals surface area contributed by atoms with E-state index in [4.69, 9.17) is 9.47 Å². The Balaban J connectivity index is 2.13. The molecule has 30 heavy (non-hydrogen) atoms. The maximum atomic E-state index is 13.0. The summed E-state index contributed by atoms with van der Waals surface area (Å²) in [5, 5.41) is 2.67. The van der Waals surface area contributed by atoms with Crippen molar-refractivity contribution in [3.8, 4) is 0 Å². The predicted octanol–water partition coefficient (Wildman–Crippen LogP) is 5.62. The lowest BCUT2D eigenvalue weighted by atomic mass is 9.64. The summed E-state index contributed by atoms with van der Waals surface area (Å²) >= 11 is 0. The number of carbonyl (C=O) groups is 2. The van der Waals surface area contributed by atoms with Crippen molar-refractivity contribution in [2.24, 2.45) is 11.8 Å². The van der Waals surface area contributed by atoms with Gasteiger partial charge in [-0.25, -0.2) is 9.59 Å². The molecule has 0 unspecified atom stereocenters. The highest BCUT2D eigenvalue weighted by atomic mass is 16.6. The fourth-order valence-corrected chi connectivity index (χ4v) is 4.38. The molecule has 0 heterocycles. The molecular weight excluding hydrogens is 378 g/mol. The second-order valence-corrected chi connectivity index (χ2v) is 10.2. The smallest absolute Gasteiger partial charge is 0.408 e. The normalized spacial score (nSPS) is 23.4. The number of amides is 1. The summed E-state index contributed by atoms with van der Waals surface area (Å²) in [5.41, 5.74) is 0.521. The van der Waals surface area contributed by atoms with Crippen molar-refractivity contribution in [1.82, 2.24) is 5.32 Å². The molecular formula is C25H39NO4. The van der Waals surface area contributed by atoms with Gasteiger partial charge in [-0.15, -0.1) is 0 Å². The number of benzene rings is 1. The Labute approximate surface area is 181 Å². The van der Waals surface area contributed by atoms with Crippen LogP contribution in [0.3, 0.4) is 0 Å². The van der Waals surface area contributed by atoms with E-state index in [9.17, 15) is 9.59 Å². The molecule has 1 aromatic rings. The predicted molar refractivity (Wildman–Crippen MR) is 119 cm³/mol. The van der Waals surface area contributed by atoms with Crippen LogP contribution in [0.2, 0.25) is 0 Å². The van der Waals surface area contributed by atoms with E-state index in [1.54, 1.807) is 20.8 Å². The summed E-state index contributed by atoms with van der Waals surface area (Å²) in [4.78, 5) is 25.1. The van der Waals surface area contributed by atoms with Crippen LogP contribution < -0.4 is 5.32 Å². The third kappa shape index (κ3) is 6.48. The minimum atomic E-state index is -0.711. The van der Waals surface area contributed by atoms with Crippen molar-refractivity contribution >= 4 is 12.1 Å². The zero-order chi connectivity index (χ0) is 22.5. The number of esters is 1. The average Bonchev–Trinajstić information content (AvgIpc) is 2.65. The summed E-state index contributed by atoms with van der Waals surface area (Å²) in [7, 11) is 0. The molecule has 4 atom stereocenters. The van der Waals surface area contributed by atoms with E-state index >= 15 is 0 Å². The summed E-state index contributed by atoms with van der Waals surface area (Å²) in [6.07, 6.45) is 2.66. The van der Waals surface area contributed by atoms with E-state index < -0.39 is 17.7 Å². The van der Waals surface area contributed by atoms with E-state index in [-0.39, 0.29) is 23.4 Å². The average molecular weight is 418 g/mol. The van der Waals surface area contributed by atoms with E-state index in [0.29, 0.717) is 12.3 Å². The SMILES string of the molecule is CC[C@H](NC(=O)OC(C)(C)C)C(=O)O[C@@H]1C[C@H](C)CC[C@H]1C(C)(C)c1ccccc1. The van der Waals surface area contributed by atoms with Gasteiger partial charge in [0.05, 0.1) is 0 Å². The largest absolute Gasteiger partial charge is 0.461 e. The van der Waals surface area contributed by atoms with E-state index in [1.807, 2.05) is 13.0 Å².